The van der Waals surface area contributed by atoms with Gasteiger partial charge in [0.25, 0.3) is 0 Å². The first-order chi connectivity index (χ1) is 10.7. The van der Waals surface area contributed by atoms with E-state index in [1.54, 1.807) is 6.07 Å². The second kappa shape index (κ2) is 7.01. The van der Waals surface area contributed by atoms with Crippen molar-refractivity contribution < 1.29 is 13.9 Å². The summed E-state index contributed by atoms with van der Waals surface area (Å²) >= 11 is 0. The molecule has 1 heterocycles. The zero-order valence-electron chi connectivity index (χ0n) is 12.5. The molecule has 0 radical (unpaired) electrons. The number of hydrogen-bond acceptors (Lipinski definition) is 3. The summed E-state index contributed by atoms with van der Waals surface area (Å²) in [5, 5.41) is 3.43. The Labute approximate surface area is 130 Å². The highest BCUT2D eigenvalue weighted by atomic mass is 19.1. The lowest BCUT2D eigenvalue weighted by Crippen LogP contribution is -2.43. The predicted molar refractivity (Wildman–Crippen MR) is 82.8 cm³/mol. The molecule has 2 aromatic rings. The van der Waals surface area contributed by atoms with Gasteiger partial charge in [-0.25, -0.2) is 4.39 Å². The van der Waals surface area contributed by atoms with Crippen LogP contribution in [0.1, 0.15) is 30.2 Å². The smallest absolute Gasteiger partial charge is 0.177 e. The number of halogens is 1. The molecule has 0 bridgehead atoms. The Balaban J connectivity index is 1.74. The lowest BCUT2D eigenvalue weighted by atomic mass is 10.1. The predicted octanol–water partition coefficient (Wildman–Crippen LogP) is 3.59. The zero-order chi connectivity index (χ0) is 15.4. The van der Waals surface area contributed by atoms with E-state index in [4.69, 9.17) is 9.47 Å². The number of nitrogens with one attached hydrogen (secondary N) is 1. The van der Waals surface area contributed by atoms with Gasteiger partial charge in [-0.2, -0.15) is 0 Å². The van der Waals surface area contributed by atoms with Crippen LogP contribution in [0.25, 0.3) is 0 Å². The van der Waals surface area contributed by atoms with Crippen LogP contribution in [0.5, 0.6) is 0 Å². The Hall–Kier alpha value is -1.75. The topological polar surface area (TPSA) is 30.5 Å². The van der Waals surface area contributed by atoms with Crippen LogP contribution in [0, 0.1) is 5.82 Å². The Morgan fingerprint density at radius 2 is 2.00 bits per heavy atom. The molecule has 0 amide bonds. The highest BCUT2D eigenvalue weighted by Crippen LogP contribution is 2.28. The molecule has 1 saturated heterocycles. The molecule has 4 heteroatoms. The molecular weight excluding hydrogens is 281 g/mol. The number of ether oxygens (including phenoxy) is 2. The maximum atomic E-state index is 13.3. The van der Waals surface area contributed by atoms with Gasteiger partial charge in [-0.15, -0.1) is 0 Å². The van der Waals surface area contributed by atoms with Crippen molar-refractivity contribution in [2.75, 3.05) is 13.2 Å². The van der Waals surface area contributed by atoms with Crippen LogP contribution in [-0.2, 0) is 9.47 Å². The van der Waals surface area contributed by atoms with Crippen LogP contribution in [0.2, 0.25) is 0 Å². The van der Waals surface area contributed by atoms with E-state index in [1.165, 1.54) is 12.1 Å². The Morgan fingerprint density at radius 1 is 1.18 bits per heavy atom. The Morgan fingerprint density at radius 3 is 2.77 bits per heavy atom. The molecule has 1 fully saturated rings. The van der Waals surface area contributed by atoms with Crippen LogP contribution < -0.4 is 5.32 Å². The third kappa shape index (κ3) is 3.53. The largest absolute Gasteiger partial charge is 0.349 e. The fourth-order valence-corrected chi connectivity index (χ4v) is 2.67. The number of rotatable bonds is 4. The molecule has 2 aromatic carbocycles. The molecule has 1 aliphatic rings. The van der Waals surface area contributed by atoms with E-state index in [1.807, 2.05) is 31.2 Å². The van der Waals surface area contributed by atoms with E-state index in [-0.39, 0.29) is 18.0 Å². The summed E-state index contributed by atoms with van der Waals surface area (Å²) in [4.78, 5) is 0. The summed E-state index contributed by atoms with van der Waals surface area (Å²) in [6.45, 7) is 3.30. The molecule has 0 aliphatic carbocycles. The molecule has 116 valence electrons. The minimum Gasteiger partial charge on any atom is -0.349 e. The summed E-state index contributed by atoms with van der Waals surface area (Å²) in [5.74, 6) is -0.254. The van der Waals surface area contributed by atoms with Gasteiger partial charge < -0.3 is 14.8 Å². The normalized spacial score (nSPS) is 23.2. The summed E-state index contributed by atoms with van der Waals surface area (Å²) in [7, 11) is 0. The van der Waals surface area contributed by atoms with Crippen molar-refractivity contribution in [1.82, 2.24) is 5.32 Å². The van der Waals surface area contributed by atoms with E-state index in [0.717, 1.165) is 17.7 Å². The summed E-state index contributed by atoms with van der Waals surface area (Å²) in [5.41, 5.74) is 1.93. The number of benzene rings is 2. The van der Waals surface area contributed by atoms with Gasteiger partial charge >= 0.3 is 0 Å². The van der Waals surface area contributed by atoms with Crippen molar-refractivity contribution in [2.45, 2.75) is 25.4 Å². The Kier molecular flexibility index (Phi) is 4.83. The van der Waals surface area contributed by atoms with Crippen molar-refractivity contribution in [1.29, 1.82) is 0 Å². The van der Waals surface area contributed by atoms with Crippen molar-refractivity contribution >= 4 is 0 Å². The van der Waals surface area contributed by atoms with Crippen molar-refractivity contribution in [3.05, 3.63) is 71.5 Å². The first-order valence-electron chi connectivity index (χ1n) is 7.55. The summed E-state index contributed by atoms with van der Waals surface area (Å²) in [6.07, 6.45) is -0.638. The first kappa shape index (κ1) is 15.2. The lowest BCUT2D eigenvalue weighted by Gasteiger charge is -2.34. The fraction of sp³-hybridized carbons (Fsp3) is 0.333. The van der Waals surface area contributed by atoms with Crippen molar-refractivity contribution in [3.63, 3.8) is 0 Å². The highest BCUT2D eigenvalue weighted by molar-refractivity contribution is 5.21. The van der Waals surface area contributed by atoms with Gasteiger partial charge in [0.2, 0.25) is 0 Å². The third-order valence-electron chi connectivity index (χ3n) is 3.84. The number of hydrogen-bond donors (Lipinski definition) is 1. The maximum Gasteiger partial charge on any atom is 0.177 e. The second-order valence-corrected chi connectivity index (χ2v) is 5.41. The third-order valence-corrected chi connectivity index (χ3v) is 3.84. The highest BCUT2D eigenvalue weighted by Gasteiger charge is 2.29. The number of morpholine rings is 1. The average molecular weight is 301 g/mol. The van der Waals surface area contributed by atoms with Crippen LogP contribution >= 0.6 is 0 Å². The van der Waals surface area contributed by atoms with Gasteiger partial charge in [0.05, 0.1) is 18.8 Å². The molecule has 3 nitrogen and oxygen atoms in total. The fourth-order valence-electron chi connectivity index (χ4n) is 2.67. The second-order valence-electron chi connectivity index (χ2n) is 5.41. The minimum atomic E-state index is -0.394. The average Bonchev–Trinajstić information content (AvgIpc) is 2.56. The maximum absolute atomic E-state index is 13.3. The van der Waals surface area contributed by atoms with Gasteiger partial charge in [-0.05, 0) is 30.2 Å². The minimum absolute atomic E-state index is 0.0223. The molecule has 1 N–H and O–H groups in total. The van der Waals surface area contributed by atoms with Gasteiger partial charge in [-0.1, -0.05) is 42.5 Å². The standard InChI is InChI=1S/C18H20FNO2/c1-13(15-8-5-9-16(19)12-15)22-18-17(20-10-11-21-18)14-6-3-2-4-7-14/h2-9,12-13,17-18,20H,10-11H2,1H3. The zero-order valence-corrected chi connectivity index (χ0v) is 12.5. The van der Waals surface area contributed by atoms with E-state index in [9.17, 15) is 4.39 Å². The molecule has 3 rings (SSSR count). The molecular formula is C18H20FNO2. The lowest BCUT2D eigenvalue weighted by molar-refractivity contribution is -0.200. The summed E-state index contributed by atoms with van der Waals surface area (Å²) in [6, 6.07) is 16.5. The van der Waals surface area contributed by atoms with Gasteiger partial charge in [0.15, 0.2) is 6.29 Å². The SMILES string of the molecule is CC(OC1OCCNC1c1ccccc1)c1cccc(F)c1. The summed E-state index contributed by atoms with van der Waals surface area (Å²) < 4.78 is 25.2. The molecule has 3 atom stereocenters. The van der Waals surface area contributed by atoms with E-state index in [0.29, 0.717) is 6.61 Å². The van der Waals surface area contributed by atoms with E-state index < -0.39 is 6.29 Å². The quantitative estimate of drug-likeness (QED) is 0.936. The monoisotopic (exact) mass is 301 g/mol. The first-order valence-corrected chi connectivity index (χ1v) is 7.55. The Bertz CT molecular complexity index is 605. The van der Waals surface area contributed by atoms with Crippen LogP contribution in [0.3, 0.4) is 0 Å². The molecule has 22 heavy (non-hydrogen) atoms. The van der Waals surface area contributed by atoms with E-state index in [2.05, 4.69) is 17.4 Å². The molecule has 1 aliphatic heterocycles. The van der Waals surface area contributed by atoms with Gasteiger partial charge in [0, 0.05) is 6.54 Å². The van der Waals surface area contributed by atoms with Crippen LogP contribution in [0.4, 0.5) is 4.39 Å². The van der Waals surface area contributed by atoms with Crippen molar-refractivity contribution in [2.24, 2.45) is 0 Å². The van der Waals surface area contributed by atoms with Crippen LogP contribution in [0.15, 0.2) is 54.6 Å². The van der Waals surface area contributed by atoms with Crippen LogP contribution in [-0.4, -0.2) is 19.4 Å². The molecule has 0 aromatic heterocycles. The molecule has 0 saturated carbocycles. The molecule has 0 spiro atoms. The molecule has 3 unspecified atom stereocenters. The van der Waals surface area contributed by atoms with E-state index >= 15 is 0 Å². The van der Waals surface area contributed by atoms with Gasteiger partial charge in [0.1, 0.15) is 5.82 Å². The van der Waals surface area contributed by atoms with Crippen molar-refractivity contribution in [3.8, 4) is 0 Å². The van der Waals surface area contributed by atoms with Gasteiger partial charge in [-0.3, -0.25) is 0 Å².